The van der Waals surface area contributed by atoms with Gasteiger partial charge in [-0.1, -0.05) is 30.3 Å². The number of ether oxygens (including phenoxy) is 1. The van der Waals surface area contributed by atoms with Crippen molar-refractivity contribution >= 4 is 5.97 Å². The van der Waals surface area contributed by atoms with Crippen molar-refractivity contribution in [2.45, 2.75) is 12.2 Å². The molecular weight excluding hydrogens is 263 g/mol. The van der Waals surface area contributed by atoms with E-state index < -0.39 is 24.8 Å². The first-order valence-corrected chi connectivity index (χ1v) is 5.56. The Morgan fingerprint density at radius 2 is 1.95 bits per heavy atom. The van der Waals surface area contributed by atoms with Crippen LogP contribution >= 0.6 is 0 Å². The van der Waals surface area contributed by atoms with Gasteiger partial charge >= 0.3 is 12.1 Å². The molecule has 0 heterocycles. The molecule has 0 amide bonds. The monoisotopic (exact) mass is 277 g/mol. The van der Waals surface area contributed by atoms with E-state index in [0.29, 0.717) is 5.56 Å². The number of aliphatic carboxylic acids is 1. The molecule has 7 heteroatoms. The number of carboxylic acid groups (broad SMARTS) is 1. The summed E-state index contributed by atoms with van der Waals surface area (Å²) >= 11 is 0. The number of carbonyl (C=O) groups is 1. The summed E-state index contributed by atoms with van der Waals surface area (Å²) in [5.74, 6) is -1.10. The smallest absolute Gasteiger partial charge is 0.411 e. The summed E-state index contributed by atoms with van der Waals surface area (Å²) in [4.78, 5) is 11.0. The van der Waals surface area contributed by atoms with E-state index in [1.165, 1.54) is 0 Å². The lowest BCUT2D eigenvalue weighted by atomic mass is 10.1. The Labute approximate surface area is 108 Å². The molecule has 1 atom stereocenters. The lowest BCUT2D eigenvalue weighted by Gasteiger charge is -2.15. The minimum atomic E-state index is -4.37. The van der Waals surface area contributed by atoms with Crippen LogP contribution < -0.4 is 5.32 Å². The average Bonchev–Trinajstić information content (AvgIpc) is 2.33. The standard InChI is InChI=1S/C12H14F3NO3/c13-12(14,15)8-19-7-6-16-10(11(17)18)9-4-2-1-3-5-9/h1-5,10,16H,6-8H2,(H,17,18). The summed E-state index contributed by atoms with van der Waals surface area (Å²) in [5, 5.41) is 11.7. The number of nitrogens with one attached hydrogen (secondary N) is 1. The molecule has 1 aromatic rings. The van der Waals surface area contributed by atoms with E-state index in [2.05, 4.69) is 10.1 Å². The molecule has 0 aliphatic rings. The third-order valence-electron chi connectivity index (χ3n) is 2.24. The van der Waals surface area contributed by atoms with Crippen LogP contribution in [-0.2, 0) is 9.53 Å². The molecule has 0 aliphatic carbocycles. The van der Waals surface area contributed by atoms with Crippen LogP contribution in [0.1, 0.15) is 11.6 Å². The molecule has 0 aliphatic heterocycles. The van der Waals surface area contributed by atoms with Crippen LogP contribution in [-0.4, -0.2) is 37.0 Å². The van der Waals surface area contributed by atoms with Crippen molar-refractivity contribution in [1.29, 1.82) is 0 Å². The van der Waals surface area contributed by atoms with Gasteiger partial charge in [0, 0.05) is 6.54 Å². The summed E-state index contributed by atoms with van der Waals surface area (Å²) in [5.41, 5.74) is 0.533. The van der Waals surface area contributed by atoms with Gasteiger partial charge in [0.25, 0.3) is 0 Å². The van der Waals surface area contributed by atoms with Crippen molar-refractivity contribution in [3.63, 3.8) is 0 Å². The first kappa shape index (κ1) is 15.5. The zero-order chi connectivity index (χ0) is 14.3. The molecule has 0 saturated carbocycles. The number of rotatable bonds is 7. The Bertz CT molecular complexity index is 395. The second-order valence-electron chi connectivity index (χ2n) is 3.80. The summed E-state index contributed by atoms with van der Waals surface area (Å²) < 4.78 is 39.8. The van der Waals surface area contributed by atoms with Crippen molar-refractivity contribution in [1.82, 2.24) is 5.32 Å². The molecule has 1 aromatic carbocycles. The van der Waals surface area contributed by atoms with Crippen molar-refractivity contribution in [3.05, 3.63) is 35.9 Å². The van der Waals surface area contributed by atoms with Gasteiger partial charge in [0.1, 0.15) is 12.6 Å². The Morgan fingerprint density at radius 3 is 2.47 bits per heavy atom. The SMILES string of the molecule is O=C(O)C(NCCOCC(F)(F)F)c1ccccc1. The maximum absolute atomic E-state index is 11.8. The normalized spacial score (nSPS) is 13.2. The highest BCUT2D eigenvalue weighted by atomic mass is 19.4. The quantitative estimate of drug-likeness (QED) is 0.748. The molecule has 19 heavy (non-hydrogen) atoms. The molecule has 0 fully saturated rings. The van der Waals surface area contributed by atoms with Gasteiger partial charge < -0.3 is 9.84 Å². The molecule has 4 nitrogen and oxygen atoms in total. The third kappa shape index (κ3) is 6.21. The first-order chi connectivity index (χ1) is 8.90. The second-order valence-corrected chi connectivity index (χ2v) is 3.80. The van der Waals surface area contributed by atoms with E-state index in [-0.39, 0.29) is 13.2 Å². The molecule has 1 unspecified atom stereocenters. The fourth-order valence-corrected chi connectivity index (χ4v) is 1.46. The number of hydrogen-bond donors (Lipinski definition) is 2. The summed E-state index contributed by atoms with van der Waals surface area (Å²) in [7, 11) is 0. The van der Waals surface area contributed by atoms with E-state index in [4.69, 9.17) is 5.11 Å². The average molecular weight is 277 g/mol. The maximum atomic E-state index is 11.8. The summed E-state index contributed by atoms with van der Waals surface area (Å²) in [6.07, 6.45) is -4.37. The largest absolute Gasteiger partial charge is 0.480 e. The van der Waals surface area contributed by atoms with E-state index in [1.54, 1.807) is 30.3 Å². The molecule has 2 N–H and O–H groups in total. The van der Waals surface area contributed by atoms with Gasteiger partial charge in [-0.3, -0.25) is 10.1 Å². The van der Waals surface area contributed by atoms with Crippen LogP contribution in [0.2, 0.25) is 0 Å². The molecule has 0 bridgehead atoms. The van der Waals surface area contributed by atoms with Crippen LogP contribution in [0.5, 0.6) is 0 Å². The molecular formula is C12H14F3NO3. The minimum absolute atomic E-state index is 0.0158. The lowest BCUT2D eigenvalue weighted by Crippen LogP contribution is -2.32. The van der Waals surface area contributed by atoms with Crippen LogP contribution in [0, 0.1) is 0 Å². The van der Waals surface area contributed by atoms with Gasteiger partial charge in [-0.05, 0) is 5.56 Å². The molecule has 0 aromatic heterocycles. The molecule has 0 spiro atoms. The van der Waals surface area contributed by atoms with Crippen LogP contribution in [0.15, 0.2) is 30.3 Å². The number of benzene rings is 1. The fourth-order valence-electron chi connectivity index (χ4n) is 1.46. The van der Waals surface area contributed by atoms with Gasteiger partial charge in [0.15, 0.2) is 0 Å². The number of halogens is 3. The Kier molecular flexibility index (Phi) is 5.78. The van der Waals surface area contributed by atoms with Crippen molar-refractivity contribution in [2.75, 3.05) is 19.8 Å². The zero-order valence-corrected chi connectivity index (χ0v) is 9.98. The predicted molar refractivity (Wildman–Crippen MR) is 61.7 cm³/mol. The van der Waals surface area contributed by atoms with Crippen molar-refractivity contribution < 1.29 is 27.8 Å². The fraction of sp³-hybridized carbons (Fsp3) is 0.417. The molecule has 0 radical (unpaired) electrons. The number of alkyl halides is 3. The van der Waals surface area contributed by atoms with E-state index in [1.807, 2.05) is 0 Å². The van der Waals surface area contributed by atoms with E-state index in [9.17, 15) is 18.0 Å². The zero-order valence-electron chi connectivity index (χ0n) is 9.98. The van der Waals surface area contributed by atoms with Gasteiger partial charge in [0.2, 0.25) is 0 Å². The Balaban J connectivity index is 2.38. The van der Waals surface area contributed by atoms with E-state index in [0.717, 1.165) is 0 Å². The number of hydrogen-bond acceptors (Lipinski definition) is 3. The highest BCUT2D eigenvalue weighted by Gasteiger charge is 2.27. The predicted octanol–water partition coefficient (Wildman–Crippen LogP) is 1.98. The van der Waals surface area contributed by atoms with Crippen LogP contribution in [0.3, 0.4) is 0 Å². The third-order valence-corrected chi connectivity index (χ3v) is 2.24. The maximum Gasteiger partial charge on any atom is 0.411 e. The van der Waals surface area contributed by atoms with Gasteiger partial charge in [0.05, 0.1) is 6.61 Å². The second kappa shape index (κ2) is 7.10. The molecule has 106 valence electrons. The topological polar surface area (TPSA) is 58.6 Å². The first-order valence-electron chi connectivity index (χ1n) is 5.56. The Morgan fingerprint density at radius 1 is 1.32 bits per heavy atom. The minimum Gasteiger partial charge on any atom is -0.480 e. The van der Waals surface area contributed by atoms with E-state index >= 15 is 0 Å². The lowest BCUT2D eigenvalue weighted by molar-refractivity contribution is -0.173. The highest BCUT2D eigenvalue weighted by Crippen LogP contribution is 2.14. The number of carboxylic acids is 1. The summed E-state index contributed by atoms with van der Waals surface area (Å²) in [6.45, 7) is -1.53. The van der Waals surface area contributed by atoms with Gasteiger partial charge in [-0.25, -0.2) is 0 Å². The van der Waals surface area contributed by atoms with Crippen LogP contribution in [0.25, 0.3) is 0 Å². The van der Waals surface area contributed by atoms with Crippen LogP contribution in [0.4, 0.5) is 13.2 Å². The molecule has 0 saturated heterocycles. The summed E-state index contributed by atoms with van der Waals surface area (Å²) in [6, 6.07) is 7.41. The Hall–Kier alpha value is -1.60. The highest BCUT2D eigenvalue weighted by molar-refractivity contribution is 5.75. The van der Waals surface area contributed by atoms with Crippen molar-refractivity contribution in [3.8, 4) is 0 Å². The van der Waals surface area contributed by atoms with Gasteiger partial charge in [-0.15, -0.1) is 0 Å². The van der Waals surface area contributed by atoms with Gasteiger partial charge in [-0.2, -0.15) is 13.2 Å². The molecule has 1 rings (SSSR count). The van der Waals surface area contributed by atoms with Crippen molar-refractivity contribution in [2.24, 2.45) is 0 Å².